The average Bonchev–Trinajstić information content (AvgIpc) is 2.85. The van der Waals surface area contributed by atoms with Crippen LogP contribution in [0, 0.1) is 86.6 Å². The van der Waals surface area contributed by atoms with Crippen LogP contribution in [0.5, 0.6) is 0 Å². The second kappa shape index (κ2) is 12.2. The zero-order chi connectivity index (χ0) is 42.0. The molecule has 0 heterocycles. The zero-order valence-electron chi connectivity index (χ0n) is 42.0. The summed E-state index contributed by atoms with van der Waals surface area (Å²) in [5, 5.41) is 0. The first kappa shape index (κ1) is 50.0. The van der Waals surface area contributed by atoms with E-state index < -0.39 is 0 Å². The largest absolute Gasteiger partial charge is 0.0596 e. The molecule has 0 aromatic carbocycles. The second-order valence-electron chi connectivity index (χ2n) is 27.2. The van der Waals surface area contributed by atoms with E-state index in [0.717, 1.165) is 0 Å². The fourth-order valence-corrected chi connectivity index (χ4v) is 11.2. The van der Waals surface area contributed by atoms with Gasteiger partial charge in [0, 0.05) is 0 Å². The maximum absolute atomic E-state index is 2.63. The highest BCUT2D eigenvalue weighted by Crippen LogP contribution is 2.77. The molecule has 0 saturated carbocycles. The predicted molar refractivity (Wildman–Crippen MR) is 232 cm³/mol. The monoisotopic (exact) mass is 703 g/mol. The van der Waals surface area contributed by atoms with Crippen molar-refractivity contribution < 1.29 is 0 Å². The highest BCUT2D eigenvalue weighted by molar-refractivity contribution is 5.19. The fourth-order valence-electron chi connectivity index (χ4n) is 11.2. The first-order chi connectivity index (χ1) is 20.8. The van der Waals surface area contributed by atoms with Crippen LogP contribution >= 0.6 is 0 Å². The summed E-state index contributed by atoms with van der Waals surface area (Å²) in [5.74, 6) is 0. The van der Waals surface area contributed by atoms with Crippen LogP contribution in [0.3, 0.4) is 0 Å². The summed E-state index contributed by atoms with van der Waals surface area (Å²) in [4.78, 5) is 0. The Hall–Kier alpha value is 0. The van der Waals surface area contributed by atoms with Crippen LogP contribution in [0.2, 0.25) is 0 Å². The molecule has 0 aliphatic carbocycles. The number of hydrogen-bond donors (Lipinski definition) is 0. The molecule has 0 amide bonds. The highest BCUT2D eigenvalue weighted by Gasteiger charge is 2.71. The van der Waals surface area contributed by atoms with Gasteiger partial charge in [0.2, 0.25) is 0 Å². The van der Waals surface area contributed by atoms with Crippen LogP contribution in [0.4, 0.5) is 0 Å². The SMILES string of the molecule is CC(C)(C)C(C)(C)C(C)(C)C(C)(C)C(C)(C)C(C)(C)C(C)(C)C(C)(C)C(C)(C)C(C)(C)C(C)(C)C(C)(C)C(C)(C)C(C)(C)C(C)(C)C(C)(C)C. The van der Waals surface area contributed by atoms with Crippen LogP contribution in [-0.2, 0) is 0 Å². The molecule has 0 aromatic heterocycles. The Balaban J connectivity index is 7.70. The summed E-state index contributed by atoms with van der Waals surface area (Å²) in [6.07, 6.45) is 0. The zero-order valence-corrected chi connectivity index (χ0v) is 42.0. The summed E-state index contributed by atoms with van der Waals surface area (Å²) in [6.45, 7) is 87.3. The standard InChI is InChI=1S/C50H102/c1-35(2,3)37(7,8)39(11,12)41(15,16)43(19,20)45(23,24)47(27,28)49(31,32)50(33,34)48(29,30)46(25,26)44(21,22)42(17,18)40(13,14)38(9,10)36(4,5)6/h1-34H3. The van der Waals surface area contributed by atoms with Crippen LogP contribution in [-0.4, -0.2) is 0 Å². The van der Waals surface area contributed by atoms with Crippen molar-refractivity contribution in [2.45, 2.75) is 235 Å². The normalized spacial score (nSPS) is 17.4. The third-order valence-corrected chi connectivity index (χ3v) is 24.1. The van der Waals surface area contributed by atoms with E-state index >= 15 is 0 Å². The lowest BCUT2D eigenvalue weighted by Crippen LogP contribution is -2.68. The molecule has 0 rings (SSSR count). The van der Waals surface area contributed by atoms with Crippen LogP contribution in [0.1, 0.15) is 235 Å². The minimum absolute atomic E-state index is 0.00630. The van der Waals surface area contributed by atoms with Crippen molar-refractivity contribution in [3.8, 4) is 0 Å². The molecule has 302 valence electrons. The molecule has 0 aromatic rings. The Labute approximate surface area is 321 Å². The Kier molecular flexibility index (Phi) is 12.2. The van der Waals surface area contributed by atoms with Gasteiger partial charge in [0.25, 0.3) is 0 Å². The lowest BCUT2D eigenvalue weighted by Gasteiger charge is -2.74. The smallest absolute Gasteiger partial charge is 0.0241 e. The molecule has 0 radical (unpaired) electrons. The first-order valence-electron chi connectivity index (χ1n) is 20.8. The van der Waals surface area contributed by atoms with Crippen LogP contribution < -0.4 is 0 Å². The van der Waals surface area contributed by atoms with Gasteiger partial charge < -0.3 is 0 Å². The predicted octanol–water partition coefficient (Wildman–Crippen LogP) is 17.4. The summed E-state index contributed by atoms with van der Waals surface area (Å²) < 4.78 is 0. The maximum Gasteiger partial charge on any atom is -0.0241 e. The summed E-state index contributed by atoms with van der Waals surface area (Å²) in [7, 11) is 0. The number of hydrogen-bond acceptors (Lipinski definition) is 0. The Bertz CT molecular complexity index is 1090. The summed E-state index contributed by atoms with van der Waals surface area (Å²) >= 11 is 0. The minimum Gasteiger partial charge on any atom is -0.0596 e. The van der Waals surface area contributed by atoms with Gasteiger partial charge in [-0.1, -0.05) is 235 Å². The molecule has 0 unspecified atom stereocenters. The van der Waals surface area contributed by atoms with Crippen molar-refractivity contribution >= 4 is 0 Å². The van der Waals surface area contributed by atoms with Gasteiger partial charge >= 0.3 is 0 Å². The molecule has 50 heavy (non-hydrogen) atoms. The van der Waals surface area contributed by atoms with E-state index in [2.05, 4.69) is 235 Å². The van der Waals surface area contributed by atoms with Gasteiger partial charge in [0.1, 0.15) is 0 Å². The van der Waals surface area contributed by atoms with E-state index in [9.17, 15) is 0 Å². The molecule has 0 bridgehead atoms. The third kappa shape index (κ3) is 5.82. The van der Waals surface area contributed by atoms with E-state index in [1.807, 2.05) is 0 Å². The molecule has 0 atom stereocenters. The Morgan fingerprint density at radius 1 is 0.100 bits per heavy atom. The van der Waals surface area contributed by atoms with Gasteiger partial charge in [-0.15, -0.1) is 0 Å². The van der Waals surface area contributed by atoms with Gasteiger partial charge in [0.15, 0.2) is 0 Å². The molecular weight excluding hydrogens is 601 g/mol. The van der Waals surface area contributed by atoms with E-state index in [1.54, 1.807) is 0 Å². The summed E-state index contributed by atoms with van der Waals surface area (Å²) in [5.41, 5.74) is 0.695. The van der Waals surface area contributed by atoms with Crippen molar-refractivity contribution in [1.82, 2.24) is 0 Å². The van der Waals surface area contributed by atoms with E-state index in [4.69, 9.17) is 0 Å². The lowest BCUT2D eigenvalue weighted by atomic mass is 9.30. The lowest BCUT2D eigenvalue weighted by molar-refractivity contribution is -0.259. The molecule has 0 aliphatic heterocycles. The van der Waals surface area contributed by atoms with Gasteiger partial charge in [0.05, 0.1) is 0 Å². The van der Waals surface area contributed by atoms with Crippen LogP contribution in [0.15, 0.2) is 0 Å². The van der Waals surface area contributed by atoms with Crippen molar-refractivity contribution in [3.05, 3.63) is 0 Å². The third-order valence-electron chi connectivity index (χ3n) is 24.1. The fraction of sp³-hybridized carbons (Fsp3) is 1.00. The Morgan fingerprint density at radius 3 is 0.220 bits per heavy atom. The molecule has 0 nitrogen and oxygen atoms in total. The first-order valence-corrected chi connectivity index (χ1v) is 20.8. The quantitative estimate of drug-likeness (QED) is 0.179. The van der Waals surface area contributed by atoms with Gasteiger partial charge in [-0.2, -0.15) is 0 Å². The van der Waals surface area contributed by atoms with Gasteiger partial charge in [-0.3, -0.25) is 0 Å². The molecular formula is C50H102. The molecule has 0 N–H and O–H groups in total. The van der Waals surface area contributed by atoms with E-state index in [1.165, 1.54) is 0 Å². The van der Waals surface area contributed by atoms with Crippen molar-refractivity contribution in [1.29, 1.82) is 0 Å². The van der Waals surface area contributed by atoms with Crippen molar-refractivity contribution in [2.75, 3.05) is 0 Å². The molecule has 0 fully saturated rings. The molecule has 0 saturated heterocycles. The van der Waals surface area contributed by atoms with E-state index in [-0.39, 0.29) is 86.6 Å². The van der Waals surface area contributed by atoms with Crippen molar-refractivity contribution in [3.63, 3.8) is 0 Å². The topological polar surface area (TPSA) is 0 Å². The van der Waals surface area contributed by atoms with Gasteiger partial charge in [-0.05, 0) is 86.6 Å². The molecule has 0 heteroatoms. The van der Waals surface area contributed by atoms with Crippen LogP contribution in [0.25, 0.3) is 0 Å². The average molecular weight is 703 g/mol. The highest BCUT2D eigenvalue weighted by atomic mass is 14.8. The van der Waals surface area contributed by atoms with Gasteiger partial charge in [-0.25, -0.2) is 0 Å². The maximum atomic E-state index is 2.63. The minimum atomic E-state index is -0.0261. The number of rotatable bonds is 13. The van der Waals surface area contributed by atoms with E-state index in [0.29, 0.717) is 0 Å². The second-order valence-corrected chi connectivity index (χ2v) is 27.2. The molecule has 0 spiro atoms. The molecule has 0 aliphatic rings. The summed E-state index contributed by atoms with van der Waals surface area (Å²) in [6, 6.07) is 0. The van der Waals surface area contributed by atoms with Crippen molar-refractivity contribution in [2.24, 2.45) is 86.6 Å². The Morgan fingerprint density at radius 2 is 0.160 bits per heavy atom.